The lowest BCUT2D eigenvalue weighted by Gasteiger charge is -2.32. The molecule has 4 fully saturated rings. The fourth-order valence-corrected chi connectivity index (χ4v) is 16.2. The van der Waals surface area contributed by atoms with Gasteiger partial charge in [-0.05, 0) is 204 Å². The summed E-state index contributed by atoms with van der Waals surface area (Å²) >= 11 is 11.1. The van der Waals surface area contributed by atoms with Crippen LogP contribution >= 0.6 is 23.2 Å². The number of hydrogen-bond acceptors (Lipinski definition) is 16. The van der Waals surface area contributed by atoms with E-state index >= 15 is 0 Å². The fraction of sp³-hybridized carbons (Fsp3) is 0.292. The van der Waals surface area contributed by atoms with Crippen LogP contribution in [-0.2, 0) is 39.9 Å². The number of aromatic hydroxyl groups is 2. The maximum absolute atomic E-state index is 12.9. The van der Waals surface area contributed by atoms with Crippen LogP contribution in [0.4, 0.5) is 45.8 Å². The molecule has 7 aliphatic rings. The highest BCUT2D eigenvalue weighted by atomic mass is 35.5. The Kier molecular flexibility index (Phi) is 20.7. The van der Waals surface area contributed by atoms with Crippen molar-refractivity contribution in [1.82, 2.24) is 9.97 Å². The van der Waals surface area contributed by atoms with Crippen molar-refractivity contribution in [3.63, 3.8) is 0 Å². The first-order chi connectivity index (χ1) is 48.4. The number of pyridine rings is 2. The first-order valence-corrected chi connectivity index (χ1v) is 37.1. The zero-order chi connectivity index (χ0) is 73.4. The molecule has 6 aromatic carbocycles. The highest BCUT2D eigenvalue weighted by Gasteiger charge is 2.53. The zero-order valence-electron chi connectivity index (χ0n) is 56.4. The third-order valence-electron chi connectivity index (χ3n) is 18.4. The van der Waals surface area contributed by atoms with Crippen molar-refractivity contribution in [3.8, 4) is 63.5 Å². The summed E-state index contributed by atoms with van der Waals surface area (Å²) in [7, 11) is -6.44. The van der Waals surface area contributed by atoms with Crippen molar-refractivity contribution in [3.05, 3.63) is 195 Å². The quantitative estimate of drug-likeness (QED) is 0.0898. The number of hydrogen-bond donors (Lipinski definition) is 2. The summed E-state index contributed by atoms with van der Waals surface area (Å²) in [6.07, 6.45) is 9.46. The van der Waals surface area contributed by atoms with Gasteiger partial charge in [0.15, 0.2) is 0 Å². The number of halogens is 2. The van der Waals surface area contributed by atoms with Gasteiger partial charge in [0.25, 0.3) is 11.6 Å². The number of aromatic nitrogens is 2. The fourth-order valence-electron chi connectivity index (χ4n) is 11.3. The number of ether oxygens (including phenoxy) is 1. The topological polar surface area (TPSA) is 296 Å². The molecule has 30 heteroatoms. The van der Waals surface area contributed by atoms with Crippen molar-refractivity contribution in [2.45, 2.75) is 77.4 Å². The molecule has 8 aromatic rings. The van der Waals surface area contributed by atoms with Crippen molar-refractivity contribution in [2.75, 3.05) is 66.6 Å². The second-order valence-electron chi connectivity index (χ2n) is 26.0. The Morgan fingerprint density at radius 2 is 0.922 bits per heavy atom. The van der Waals surface area contributed by atoms with Gasteiger partial charge in [-0.25, -0.2) is 0 Å². The molecule has 24 nitrogen and oxygen atoms in total. The Morgan fingerprint density at radius 1 is 0.520 bits per heavy atom. The molecular weight excluding hydrogens is 1400 g/mol. The van der Waals surface area contributed by atoms with E-state index < -0.39 is 48.9 Å². The van der Waals surface area contributed by atoms with Crippen molar-refractivity contribution < 1.29 is 49.5 Å². The normalized spacial score (nSPS) is 17.7. The number of phenols is 2. The monoisotopic (exact) mass is 1470 g/mol. The lowest BCUT2D eigenvalue weighted by atomic mass is 9.78. The van der Waals surface area contributed by atoms with Gasteiger partial charge in [0.1, 0.15) is 41.5 Å². The Bertz CT molecular complexity index is 5190. The van der Waals surface area contributed by atoms with Crippen LogP contribution in [0.1, 0.15) is 82.9 Å². The second-order valence-corrected chi connectivity index (χ2v) is 32.5. The minimum Gasteiger partial charge on any atom is -0.508 e. The summed E-state index contributed by atoms with van der Waals surface area (Å²) in [6, 6.07) is 42.8. The predicted octanol–water partition coefficient (Wildman–Crippen LogP) is 13.8. The lowest BCUT2D eigenvalue weighted by molar-refractivity contribution is 0.00578. The first kappa shape index (κ1) is 72.9. The summed E-state index contributed by atoms with van der Waals surface area (Å²) in [4.78, 5) is 14.0. The van der Waals surface area contributed by atoms with Crippen LogP contribution in [0.25, 0.3) is 31.9 Å². The summed E-state index contributed by atoms with van der Waals surface area (Å²) in [5.41, 5.74) is 7.77. The number of fused-ring (bicyclic) bond motifs is 3. The Labute approximate surface area is 604 Å². The molecule has 2 aromatic heterocycles. The van der Waals surface area contributed by atoms with Crippen molar-refractivity contribution >= 4 is 112 Å². The van der Waals surface area contributed by atoms with Crippen LogP contribution < -0.4 is 36.0 Å². The highest BCUT2D eigenvalue weighted by Crippen LogP contribution is 2.49. The minimum absolute atomic E-state index is 0.0610. The molecule has 2 N–H and O–H groups in total. The number of phenolic OH excluding ortho intramolecular Hbond substituents is 2. The number of rotatable bonds is 11. The molecule has 3 saturated carbocycles. The molecule has 0 atom stereocenters. The van der Waals surface area contributed by atoms with E-state index in [9.17, 15) is 40.9 Å². The molecule has 0 spiro atoms. The van der Waals surface area contributed by atoms with Crippen molar-refractivity contribution in [1.29, 1.82) is 15.8 Å². The van der Waals surface area contributed by atoms with Crippen molar-refractivity contribution in [2.24, 2.45) is 17.8 Å². The van der Waals surface area contributed by atoms with Crippen LogP contribution in [0.15, 0.2) is 146 Å². The molecule has 0 bridgehead atoms. The van der Waals surface area contributed by atoms with Gasteiger partial charge < -0.3 is 33.9 Å². The molecule has 0 amide bonds. The van der Waals surface area contributed by atoms with Crippen LogP contribution in [-0.4, -0.2) is 105 Å². The van der Waals surface area contributed by atoms with Gasteiger partial charge in [-0.15, -0.1) is 9.97 Å². The van der Waals surface area contributed by atoms with Crippen LogP contribution in [0, 0.1) is 64.9 Å². The van der Waals surface area contributed by atoms with Crippen LogP contribution in [0.3, 0.4) is 0 Å². The van der Waals surface area contributed by atoms with Gasteiger partial charge >= 0.3 is 37.7 Å². The van der Waals surface area contributed by atoms with E-state index in [1.807, 2.05) is 58.0 Å². The number of benzene rings is 6. The Hall–Kier alpha value is -10.3. The summed E-state index contributed by atoms with van der Waals surface area (Å²) in [5, 5.41) is 46.8. The maximum atomic E-state index is 12.9. The molecular formula is C72H68BCl2N13O11S3. The second kappa shape index (κ2) is 29.0. The van der Waals surface area contributed by atoms with E-state index in [1.54, 1.807) is 87.9 Å². The third kappa shape index (κ3) is 15.4. The SMILES string of the molecule is CN1c2cc(-c3cc(O)ccc3C#N)ccc2N(CC2CC2)S1(=O)=O.CN1c2cc(B3OC(C)(C)C(C)(C)O3)ccc2N(CC2CC2)S1(=O)=O.N#Cc1ccc(O)cc1Cl.[C-]#[N+]c1cc(Cl)ccn1.[C-]#[N+]c1cc(Oc2ccc(C#N)c(-c3ccc4c(c3)N(C)S(=O)(=O)N4CC3CC3)c2)ccn1. The molecule has 522 valence electrons. The zero-order valence-corrected chi connectivity index (χ0v) is 60.4. The van der Waals surface area contributed by atoms with E-state index in [-0.39, 0.29) is 22.3 Å². The minimum atomic E-state index is -3.60. The van der Waals surface area contributed by atoms with Gasteiger partial charge in [-0.2, -0.15) is 41.0 Å². The molecule has 15 rings (SSSR count). The average molecular weight is 1470 g/mol. The average Bonchev–Trinajstić information content (AvgIpc) is 1.60. The first-order valence-electron chi connectivity index (χ1n) is 32.2. The van der Waals surface area contributed by atoms with E-state index in [4.69, 9.17) is 60.8 Å². The molecule has 1 saturated heterocycles. The van der Waals surface area contributed by atoms with E-state index in [1.165, 1.54) is 80.7 Å². The highest BCUT2D eigenvalue weighted by molar-refractivity contribution is 7.95. The molecule has 0 unspecified atom stereocenters. The number of nitriles is 3. The molecule has 102 heavy (non-hydrogen) atoms. The smallest absolute Gasteiger partial charge is 0.494 e. The van der Waals surface area contributed by atoms with Gasteiger partial charge in [0.05, 0.1) is 79.2 Å². The van der Waals surface area contributed by atoms with Crippen LogP contribution in [0.5, 0.6) is 23.0 Å². The molecule has 3 aliphatic carbocycles. The summed E-state index contributed by atoms with van der Waals surface area (Å²) in [6.45, 7) is 23.2. The van der Waals surface area contributed by atoms with Gasteiger partial charge in [-0.3, -0.25) is 25.8 Å². The van der Waals surface area contributed by atoms with Crippen LogP contribution in [0.2, 0.25) is 10.0 Å². The standard InChI is InChI=1S/C24H19N5O3S.C18H17N3O3S.C17H25BN2O4S.C7H4ClNO.C6H3ClN2/c1-26-24-13-20(9-10-27-24)32-19-7-5-18(14-25)21(12-19)17-6-8-22-23(11-17)28(2)33(30,31)29(22)15-16-3-4-16;1-20-18-8-13(16-9-15(22)6-4-14(16)10-19)5-7-17(18)21(25(20,23)24)11-12-2-3-12;1-16(2)17(3,4)24-18(23-16)13-8-9-14-15(10-13)19(5)25(21,22)20(14)11-12-6-7-12;8-7-3-6(10)2-1-5(7)4-9;1-8-6-4-5(7)2-3-9-6/h5-13,16H,3-4,15H2,2H3;4-9,12,22H,2-3,11H2,1H3;8-10,12H,6-7,11H2,1-5H3;1-3,10H;2-4H. The Morgan fingerprint density at radius 3 is 1.35 bits per heavy atom. The largest absolute Gasteiger partial charge is 0.508 e. The number of anilines is 6. The third-order valence-corrected chi connectivity index (χ3v) is 24.3. The van der Waals surface area contributed by atoms with Gasteiger partial charge in [0.2, 0.25) is 0 Å². The summed E-state index contributed by atoms with van der Waals surface area (Å²) < 4.78 is 103. The van der Waals surface area contributed by atoms with Gasteiger partial charge in [0, 0.05) is 69.1 Å². The van der Waals surface area contributed by atoms with Gasteiger partial charge in [-0.1, -0.05) is 54.5 Å². The number of nitrogens with zero attached hydrogens (tertiary/aromatic N) is 13. The van der Waals surface area contributed by atoms with E-state index in [0.29, 0.717) is 127 Å². The molecule has 0 radical (unpaired) electrons. The van der Waals surface area contributed by atoms with E-state index in [0.717, 1.165) is 49.7 Å². The summed E-state index contributed by atoms with van der Waals surface area (Å²) in [5.74, 6) is 2.97. The predicted molar refractivity (Wildman–Crippen MR) is 393 cm³/mol. The lowest BCUT2D eigenvalue weighted by Crippen LogP contribution is -2.41. The maximum Gasteiger partial charge on any atom is 0.494 e. The molecule has 4 aliphatic heterocycles. The van der Waals surface area contributed by atoms with E-state index in [2.05, 4.69) is 31.8 Å². The molecule has 6 heterocycles. The Balaban J connectivity index is 0.000000137.